The van der Waals surface area contributed by atoms with Crippen molar-refractivity contribution in [2.75, 3.05) is 11.9 Å². The molecular formula is C18H24N2O3S. The van der Waals surface area contributed by atoms with Crippen LogP contribution in [0.4, 0.5) is 5.13 Å². The van der Waals surface area contributed by atoms with E-state index in [2.05, 4.69) is 10.3 Å². The fourth-order valence-electron chi connectivity index (χ4n) is 5.45. The average molecular weight is 348 g/mol. The summed E-state index contributed by atoms with van der Waals surface area (Å²) < 4.78 is 5.05. The molecule has 1 amide bonds. The lowest BCUT2D eigenvalue weighted by atomic mass is 9.49. The van der Waals surface area contributed by atoms with E-state index in [1.165, 1.54) is 30.6 Å². The molecule has 0 saturated heterocycles. The van der Waals surface area contributed by atoms with Gasteiger partial charge >= 0.3 is 5.97 Å². The third-order valence-electron chi connectivity index (χ3n) is 6.00. The van der Waals surface area contributed by atoms with Crippen LogP contribution in [-0.4, -0.2) is 23.5 Å². The molecule has 1 aromatic heterocycles. The molecule has 4 bridgehead atoms. The Hall–Kier alpha value is -1.43. The summed E-state index contributed by atoms with van der Waals surface area (Å²) in [5.74, 6) is 1.95. The van der Waals surface area contributed by atoms with Gasteiger partial charge in [0.1, 0.15) is 4.88 Å². The van der Waals surface area contributed by atoms with Crippen molar-refractivity contribution in [1.29, 1.82) is 0 Å². The van der Waals surface area contributed by atoms with Gasteiger partial charge in [-0.15, -0.1) is 0 Å². The largest absolute Gasteiger partial charge is 0.462 e. The molecule has 1 aromatic rings. The van der Waals surface area contributed by atoms with Gasteiger partial charge in [-0.1, -0.05) is 11.3 Å². The number of nitrogens with zero attached hydrogens (tertiary/aromatic N) is 1. The van der Waals surface area contributed by atoms with E-state index in [1.807, 2.05) is 0 Å². The van der Waals surface area contributed by atoms with Crippen LogP contribution < -0.4 is 5.32 Å². The second kappa shape index (κ2) is 5.83. The zero-order valence-electron chi connectivity index (χ0n) is 14.3. The van der Waals surface area contributed by atoms with Gasteiger partial charge in [0, 0.05) is 0 Å². The summed E-state index contributed by atoms with van der Waals surface area (Å²) in [6, 6.07) is 0. The van der Waals surface area contributed by atoms with Crippen molar-refractivity contribution in [2.24, 2.45) is 23.2 Å². The average Bonchev–Trinajstić information content (AvgIpc) is 2.86. The first-order valence-electron chi connectivity index (χ1n) is 8.95. The van der Waals surface area contributed by atoms with Crippen LogP contribution in [0.3, 0.4) is 0 Å². The van der Waals surface area contributed by atoms with Crippen LogP contribution >= 0.6 is 11.3 Å². The first-order chi connectivity index (χ1) is 11.5. The number of carbonyl (C=O) groups is 2. The molecule has 1 heterocycles. The van der Waals surface area contributed by atoms with Gasteiger partial charge in [0.05, 0.1) is 17.7 Å². The van der Waals surface area contributed by atoms with Crippen LogP contribution in [-0.2, 0) is 9.53 Å². The number of carbonyl (C=O) groups excluding carboxylic acids is 2. The van der Waals surface area contributed by atoms with Gasteiger partial charge in [-0.05, 0) is 70.1 Å². The molecule has 130 valence electrons. The minimum absolute atomic E-state index is 0.116. The Balaban J connectivity index is 1.51. The molecule has 0 unspecified atom stereocenters. The summed E-state index contributed by atoms with van der Waals surface area (Å²) in [5, 5.41) is 3.54. The molecule has 4 saturated carbocycles. The third kappa shape index (κ3) is 2.65. The summed E-state index contributed by atoms with van der Waals surface area (Å²) in [6.45, 7) is 3.90. The van der Waals surface area contributed by atoms with E-state index < -0.39 is 0 Å². The lowest BCUT2D eigenvalue weighted by molar-refractivity contribution is -0.140. The molecule has 0 atom stereocenters. The predicted molar refractivity (Wildman–Crippen MR) is 92.0 cm³/mol. The van der Waals surface area contributed by atoms with Crippen LogP contribution in [0.5, 0.6) is 0 Å². The van der Waals surface area contributed by atoms with Crippen molar-refractivity contribution in [3.05, 3.63) is 10.6 Å². The maximum Gasteiger partial charge on any atom is 0.350 e. The number of amides is 1. The van der Waals surface area contributed by atoms with Crippen molar-refractivity contribution in [3.8, 4) is 0 Å². The van der Waals surface area contributed by atoms with Gasteiger partial charge in [0.25, 0.3) is 0 Å². The van der Waals surface area contributed by atoms with Crippen LogP contribution in [0.2, 0.25) is 0 Å². The standard InChI is InChI=1S/C18H24N2O3S/c1-3-23-15(21)14-10(2)19-17(24-14)20-16(22)18-7-11-4-12(8-18)6-13(5-11)9-18/h11-13H,3-9H2,1-2H3,(H,19,20,22). The smallest absolute Gasteiger partial charge is 0.350 e. The minimum atomic E-state index is -0.359. The number of aryl methyl sites for hydroxylation is 1. The molecule has 6 heteroatoms. The summed E-state index contributed by atoms with van der Waals surface area (Å²) in [7, 11) is 0. The number of hydrogen-bond acceptors (Lipinski definition) is 5. The van der Waals surface area contributed by atoms with Crippen LogP contribution in [0.25, 0.3) is 0 Å². The van der Waals surface area contributed by atoms with Crippen LogP contribution in [0.15, 0.2) is 0 Å². The first-order valence-corrected chi connectivity index (χ1v) is 9.77. The van der Waals surface area contributed by atoms with Gasteiger partial charge in [0.15, 0.2) is 5.13 Å². The SMILES string of the molecule is CCOC(=O)c1sc(NC(=O)C23CC4CC(CC(C4)C2)C3)nc1C. The van der Waals surface area contributed by atoms with E-state index in [4.69, 9.17) is 4.74 Å². The lowest BCUT2D eigenvalue weighted by Crippen LogP contribution is -2.51. The fourth-order valence-corrected chi connectivity index (χ4v) is 6.31. The van der Waals surface area contributed by atoms with E-state index in [1.54, 1.807) is 13.8 Å². The van der Waals surface area contributed by atoms with E-state index >= 15 is 0 Å². The Morgan fingerprint density at radius 1 is 1.21 bits per heavy atom. The lowest BCUT2D eigenvalue weighted by Gasteiger charge is -2.55. The second-order valence-corrected chi connectivity index (χ2v) is 8.81. The first kappa shape index (κ1) is 16.1. The zero-order chi connectivity index (χ0) is 16.9. The minimum Gasteiger partial charge on any atom is -0.462 e. The number of aromatic nitrogens is 1. The Bertz CT molecular complexity index is 647. The van der Waals surface area contributed by atoms with Crippen molar-refractivity contribution < 1.29 is 14.3 Å². The predicted octanol–water partition coefficient (Wildman–Crippen LogP) is 3.78. The van der Waals surface area contributed by atoms with E-state index in [-0.39, 0.29) is 17.3 Å². The number of esters is 1. The molecule has 5 rings (SSSR count). The molecule has 4 aliphatic rings. The van der Waals surface area contributed by atoms with Crippen molar-refractivity contribution in [2.45, 2.75) is 52.4 Å². The van der Waals surface area contributed by atoms with E-state index in [0.29, 0.717) is 22.3 Å². The van der Waals surface area contributed by atoms with Crippen LogP contribution in [0.1, 0.15) is 60.8 Å². The number of nitrogens with one attached hydrogen (secondary N) is 1. The highest BCUT2D eigenvalue weighted by Crippen LogP contribution is 2.60. The number of ether oxygens (including phenoxy) is 1. The number of anilines is 1. The Labute approximate surface area is 146 Å². The molecular weight excluding hydrogens is 324 g/mol. The maximum atomic E-state index is 13.0. The Morgan fingerprint density at radius 2 is 1.79 bits per heavy atom. The van der Waals surface area contributed by atoms with Gasteiger partial charge in [-0.25, -0.2) is 9.78 Å². The van der Waals surface area contributed by atoms with Gasteiger partial charge in [-0.3, -0.25) is 4.79 Å². The Kier molecular flexibility index (Phi) is 3.90. The molecule has 0 aliphatic heterocycles. The van der Waals surface area contributed by atoms with Crippen LogP contribution in [0, 0.1) is 30.1 Å². The topological polar surface area (TPSA) is 68.3 Å². The van der Waals surface area contributed by atoms with E-state index in [9.17, 15) is 9.59 Å². The van der Waals surface area contributed by atoms with Gasteiger partial charge < -0.3 is 10.1 Å². The van der Waals surface area contributed by atoms with Crippen molar-refractivity contribution in [1.82, 2.24) is 4.98 Å². The maximum absolute atomic E-state index is 13.0. The van der Waals surface area contributed by atoms with Crippen molar-refractivity contribution in [3.63, 3.8) is 0 Å². The molecule has 0 radical (unpaired) electrons. The number of hydrogen-bond donors (Lipinski definition) is 1. The molecule has 0 aromatic carbocycles. The molecule has 4 fully saturated rings. The monoisotopic (exact) mass is 348 g/mol. The highest BCUT2D eigenvalue weighted by molar-refractivity contribution is 7.17. The fraction of sp³-hybridized carbons (Fsp3) is 0.722. The van der Waals surface area contributed by atoms with Gasteiger partial charge in [-0.2, -0.15) is 0 Å². The summed E-state index contributed by atoms with van der Waals surface area (Å²) in [5.41, 5.74) is 0.428. The molecule has 1 N–H and O–H groups in total. The normalized spacial score (nSPS) is 33.5. The molecule has 4 aliphatic carbocycles. The van der Waals surface area contributed by atoms with Crippen molar-refractivity contribution >= 4 is 28.3 Å². The highest BCUT2D eigenvalue weighted by Gasteiger charge is 2.54. The molecule has 0 spiro atoms. The number of thiazole rings is 1. The zero-order valence-corrected chi connectivity index (χ0v) is 15.1. The quantitative estimate of drug-likeness (QED) is 0.841. The number of rotatable bonds is 4. The second-order valence-electron chi connectivity index (χ2n) is 7.81. The third-order valence-corrected chi connectivity index (χ3v) is 7.05. The van der Waals surface area contributed by atoms with Gasteiger partial charge in [0.2, 0.25) is 5.91 Å². The highest BCUT2D eigenvalue weighted by atomic mass is 32.1. The summed E-state index contributed by atoms with van der Waals surface area (Å²) in [6.07, 6.45) is 7.03. The Morgan fingerprint density at radius 3 is 2.33 bits per heavy atom. The van der Waals surface area contributed by atoms with E-state index in [0.717, 1.165) is 37.0 Å². The molecule has 24 heavy (non-hydrogen) atoms. The molecule has 5 nitrogen and oxygen atoms in total. The summed E-state index contributed by atoms with van der Waals surface area (Å²) >= 11 is 1.22. The summed E-state index contributed by atoms with van der Waals surface area (Å²) in [4.78, 5) is 29.8.